The summed E-state index contributed by atoms with van der Waals surface area (Å²) in [5, 5.41) is 4.09. The van der Waals surface area contributed by atoms with E-state index >= 15 is 0 Å². The Bertz CT molecular complexity index is 609. The summed E-state index contributed by atoms with van der Waals surface area (Å²) in [5.41, 5.74) is 1.11. The number of carbonyl (C=O) groups excluding carboxylic acids is 1. The van der Waals surface area contributed by atoms with Gasteiger partial charge in [0, 0.05) is 31.4 Å². The van der Waals surface area contributed by atoms with Gasteiger partial charge in [0.2, 0.25) is 5.91 Å². The van der Waals surface area contributed by atoms with Gasteiger partial charge in [0.05, 0.1) is 0 Å². The molecule has 4 nitrogen and oxygen atoms in total. The molecule has 1 aliphatic heterocycles. The van der Waals surface area contributed by atoms with Crippen LogP contribution in [0.4, 0.5) is 4.39 Å². The van der Waals surface area contributed by atoms with E-state index < -0.39 is 0 Å². The summed E-state index contributed by atoms with van der Waals surface area (Å²) in [5.74, 6) is 0.159. The first-order chi connectivity index (χ1) is 10.7. The second-order valence-electron chi connectivity index (χ2n) is 5.79. The smallest absolute Gasteiger partial charge is 0.244 e. The molecule has 0 unspecified atom stereocenters. The summed E-state index contributed by atoms with van der Waals surface area (Å²) in [6.45, 7) is 1.77. The maximum atomic E-state index is 13.1. The highest BCUT2D eigenvalue weighted by atomic mass is 19.1. The largest absolute Gasteiger partial charge is 0.340 e. The van der Waals surface area contributed by atoms with Crippen LogP contribution < -0.4 is 0 Å². The van der Waals surface area contributed by atoms with E-state index in [1.165, 1.54) is 12.1 Å². The van der Waals surface area contributed by atoms with Gasteiger partial charge in [-0.25, -0.2) is 4.39 Å². The first-order valence-electron chi connectivity index (χ1n) is 7.73. The molecule has 0 bridgehead atoms. The minimum Gasteiger partial charge on any atom is -0.340 e. The molecule has 2 heterocycles. The van der Waals surface area contributed by atoms with Crippen molar-refractivity contribution in [3.63, 3.8) is 0 Å². The van der Waals surface area contributed by atoms with Crippen molar-refractivity contribution in [1.29, 1.82) is 0 Å². The number of carbonyl (C=O) groups is 1. The summed E-state index contributed by atoms with van der Waals surface area (Å²) < 4.78 is 14.7. The molecular weight excluding hydrogens is 281 g/mol. The summed E-state index contributed by atoms with van der Waals surface area (Å²) >= 11 is 0. The number of benzene rings is 1. The molecule has 0 N–H and O–H groups in total. The highest BCUT2D eigenvalue weighted by molar-refractivity contribution is 5.76. The number of nitrogens with zero attached hydrogens (tertiary/aromatic N) is 3. The monoisotopic (exact) mass is 301 g/mol. The lowest BCUT2D eigenvalue weighted by Crippen LogP contribution is -2.36. The van der Waals surface area contributed by atoms with Gasteiger partial charge in [0.25, 0.3) is 0 Å². The van der Waals surface area contributed by atoms with Crippen LogP contribution in [0.15, 0.2) is 42.7 Å². The maximum absolute atomic E-state index is 13.1. The lowest BCUT2D eigenvalue weighted by Gasteiger charge is -2.25. The van der Waals surface area contributed by atoms with Crippen molar-refractivity contribution in [1.82, 2.24) is 14.7 Å². The van der Waals surface area contributed by atoms with Crippen LogP contribution in [0, 0.1) is 5.82 Å². The van der Waals surface area contributed by atoms with Crippen LogP contribution in [0.2, 0.25) is 0 Å². The minimum atomic E-state index is -0.219. The quantitative estimate of drug-likeness (QED) is 0.874. The molecular formula is C17H20FN3O. The van der Waals surface area contributed by atoms with Crippen molar-refractivity contribution in [2.75, 3.05) is 13.1 Å². The van der Waals surface area contributed by atoms with Crippen LogP contribution in [0.1, 0.15) is 30.7 Å². The van der Waals surface area contributed by atoms with Crippen molar-refractivity contribution < 1.29 is 9.18 Å². The van der Waals surface area contributed by atoms with Crippen LogP contribution >= 0.6 is 0 Å². The molecule has 2 aromatic rings. The van der Waals surface area contributed by atoms with Crippen LogP contribution in [0.25, 0.3) is 0 Å². The van der Waals surface area contributed by atoms with E-state index in [1.807, 2.05) is 23.1 Å². The average molecular weight is 301 g/mol. The fraction of sp³-hybridized carbons (Fsp3) is 0.412. The van der Waals surface area contributed by atoms with Crippen LogP contribution in [0.3, 0.4) is 0 Å². The predicted octanol–water partition coefficient (Wildman–Crippen LogP) is 2.82. The Morgan fingerprint density at radius 1 is 1.27 bits per heavy atom. The normalized spacial score (nSPS) is 19.0. The van der Waals surface area contributed by atoms with Gasteiger partial charge in [-0.15, -0.1) is 0 Å². The number of rotatable bonds is 3. The van der Waals surface area contributed by atoms with Crippen LogP contribution in [-0.2, 0) is 11.3 Å². The number of halogens is 1. The standard InChI is InChI=1S/C17H20FN3O/c18-16-7-5-14(6-8-16)15-4-1-2-10-20(12-15)17(22)13-21-11-3-9-19-21/h3,5-9,11,15H,1-2,4,10,12-13H2/t15-/m0/s1. The van der Waals surface area contributed by atoms with Gasteiger partial charge in [-0.2, -0.15) is 5.10 Å². The van der Waals surface area contributed by atoms with E-state index in [0.29, 0.717) is 6.54 Å². The first kappa shape index (κ1) is 14.8. The van der Waals surface area contributed by atoms with Gasteiger partial charge < -0.3 is 4.90 Å². The second kappa shape index (κ2) is 6.73. The Kier molecular flexibility index (Phi) is 4.51. The molecule has 1 saturated heterocycles. The zero-order valence-electron chi connectivity index (χ0n) is 12.5. The zero-order valence-corrected chi connectivity index (χ0v) is 12.5. The third-order valence-corrected chi connectivity index (χ3v) is 4.22. The van der Waals surface area contributed by atoms with Crippen molar-refractivity contribution in [2.45, 2.75) is 31.7 Å². The summed E-state index contributed by atoms with van der Waals surface area (Å²) in [6.07, 6.45) is 6.62. The van der Waals surface area contributed by atoms with Crippen LogP contribution in [0.5, 0.6) is 0 Å². The Morgan fingerprint density at radius 2 is 2.09 bits per heavy atom. The number of aromatic nitrogens is 2. The summed E-state index contributed by atoms with van der Waals surface area (Å²) in [4.78, 5) is 14.4. The Labute approximate surface area is 129 Å². The average Bonchev–Trinajstić information content (AvgIpc) is 2.90. The molecule has 1 aromatic carbocycles. The Hall–Kier alpha value is -2.17. The fourth-order valence-corrected chi connectivity index (χ4v) is 3.01. The summed E-state index contributed by atoms with van der Waals surface area (Å²) in [7, 11) is 0. The number of hydrogen-bond acceptors (Lipinski definition) is 2. The molecule has 0 saturated carbocycles. The third-order valence-electron chi connectivity index (χ3n) is 4.22. The molecule has 0 spiro atoms. The highest BCUT2D eigenvalue weighted by Gasteiger charge is 2.23. The van der Waals surface area contributed by atoms with Gasteiger partial charge in [-0.3, -0.25) is 9.48 Å². The van der Waals surface area contributed by atoms with Crippen molar-refractivity contribution in [2.24, 2.45) is 0 Å². The molecule has 1 amide bonds. The Balaban J connectivity index is 1.69. The third kappa shape index (κ3) is 3.53. The predicted molar refractivity (Wildman–Crippen MR) is 81.8 cm³/mol. The van der Waals surface area contributed by atoms with Crippen molar-refractivity contribution >= 4 is 5.91 Å². The van der Waals surface area contributed by atoms with E-state index in [-0.39, 0.29) is 24.2 Å². The van der Waals surface area contributed by atoms with Crippen molar-refractivity contribution in [3.05, 3.63) is 54.1 Å². The number of hydrogen-bond donors (Lipinski definition) is 0. The SMILES string of the molecule is O=C(Cn1cccn1)N1CCCC[C@H](c2ccc(F)cc2)C1. The van der Waals surface area contributed by atoms with Gasteiger partial charge >= 0.3 is 0 Å². The van der Waals surface area contributed by atoms with Gasteiger partial charge in [-0.1, -0.05) is 18.6 Å². The molecule has 5 heteroatoms. The molecule has 1 fully saturated rings. The zero-order chi connectivity index (χ0) is 15.4. The fourth-order valence-electron chi connectivity index (χ4n) is 3.01. The number of amides is 1. The topological polar surface area (TPSA) is 38.1 Å². The van der Waals surface area contributed by atoms with E-state index in [1.54, 1.807) is 17.1 Å². The van der Waals surface area contributed by atoms with Crippen molar-refractivity contribution in [3.8, 4) is 0 Å². The maximum Gasteiger partial charge on any atom is 0.244 e. The lowest BCUT2D eigenvalue weighted by molar-refractivity contribution is -0.132. The molecule has 3 rings (SSSR count). The van der Waals surface area contributed by atoms with Gasteiger partial charge in [-0.05, 0) is 36.6 Å². The number of likely N-dealkylation sites (tertiary alicyclic amines) is 1. The molecule has 1 atom stereocenters. The second-order valence-corrected chi connectivity index (χ2v) is 5.79. The molecule has 116 valence electrons. The highest BCUT2D eigenvalue weighted by Crippen LogP contribution is 2.26. The minimum absolute atomic E-state index is 0.0951. The Morgan fingerprint density at radius 3 is 2.82 bits per heavy atom. The van der Waals surface area contributed by atoms with E-state index in [0.717, 1.165) is 31.4 Å². The molecule has 1 aromatic heterocycles. The summed E-state index contributed by atoms with van der Waals surface area (Å²) in [6, 6.07) is 8.48. The van der Waals surface area contributed by atoms with E-state index in [2.05, 4.69) is 5.10 Å². The van der Waals surface area contributed by atoms with E-state index in [4.69, 9.17) is 0 Å². The molecule has 1 aliphatic rings. The van der Waals surface area contributed by atoms with E-state index in [9.17, 15) is 9.18 Å². The molecule has 22 heavy (non-hydrogen) atoms. The first-order valence-corrected chi connectivity index (χ1v) is 7.73. The molecule has 0 aliphatic carbocycles. The lowest BCUT2D eigenvalue weighted by atomic mass is 9.94. The van der Waals surface area contributed by atoms with Crippen LogP contribution in [-0.4, -0.2) is 33.7 Å². The molecule has 0 radical (unpaired) electrons. The van der Waals surface area contributed by atoms with Gasteiger partial charge in [0.1, 0.15) is 12.4 Å². The van der Waals surface area contributed by atoms with Gasteiger partial charge in [0.15, 0.2) is 0 Å².